The number of amides is 2. The lowest BCUT2D eigenvalue weighted by molar-refractivity contribution is -0.113. The van der Waals surface area contributed by atoms with Crippen LogP contribution in [0.3, 0.4) is 0 Å². The minimum atomic E-state index is -0.415. The molecule has 2 saturated heterocycles. The zero-order chi connectivity index (χ0) is 24.9. The van der Waals surface area contributed by atoms with Gasteiger partial charge in [-0.3, -0.25) is 14.5 Å². The van der Waals surface area contributed by atoms with Crippen molar-refractivity contribution in [3.63, 3.8) is 0 Å². The van der Waals surface area contributed by atoms with E-state index >= 15 is 0 Å². The van der Waals surface area contributed by atoms with Gasteiger partial charge in [-0.25, -0.2) is 0 Å². The van der Waals surface area contributed by atoms with Gasteiger partial charge in [0, 0.05) is 24.3 Å². The standard InChI is InChI=1S/C28H25N3O4S/c1-34-24-10-6-5-9-23(24)31-27(33)25(36-28(31)29-26(32)21-7-3-2-4-8-21)19-20-11-13-22(14-12-20)30-15-17-35-18-16-30/h2-14,19H,15-18H2,1H3/b25-19+,29-28?. The Morgan fingerprint density at radius 2 is 1.67 bits per heavy atom. The molecule has 0 aliphatic carbocycles. The van der Waals surface area contributed by atoms with Gasteiger partial charge in [0.1, 0.15) is 5.75 Å². The van der Waals surface area contributed by atoms with Gasteiger partial charge >= 0.3 is 0 Å². The van der Waals surface area contributed by atoms with Crippen LogP contribution in [-0.4, -0.2) is 50.4 Å². The predicted octanol–water partition coefficient (Wildman–Crippen LogP) is 4.85. The summed E-state index contributed by atoms with van der Waals surface area (Å²) < 4.78 is 10.9. The number of benzene rings is 3. The minimum absolute atomic E-state index is 0.263. The number of rotatable bonds is 5. The van der Waals surface area contributed by atoms with Crippen molar-refractivity contribution >= 4 is 46.2 Å². The number of methoxy groups -OCH3 is 1. The summed E-state index contributed by atoms with van der Waals surface area (Å²) in [6.07, 6.45) is 1.83. The fraction of sp³-hybridized carbons (Fsp3) is 0.179. The Morgan fingerprint density at radius 1 is 0.972 bits per heavy atom. The van der Waals surface area contributed by atoms with Crippen molar-refractivity contribution in [2.45, 2.75) is 0 Å². The Hall–Kier alpha value is -3.88. The van der Waals surface area contributed by atoms with E-state index in [1.165, 1.54) is 16.7 Å². The van der Waals surface area contributed by atoms with Gasteiger partial charge in [0.05, 0.1) is 30.9 Å². The zero-order valence-electron chi connectivity index (χ0n) is 19.8. The third-order valence-electron chi connectivity index (χ3n) is 5.92. The number of morpholine rings is 1. The monoisotopic (exact) mass is 499 g/mol. The first-order valence-electron chi connectivity index (χ1n) is 11.6. The number of hydrogen-bond donors (Lipinski definition) is 0. The molecule has 0 radical (unpaired) electrons. The molecule has 0 unspecified atom stereocenters. The van der Waals surface area contributed by atoms with Gasteiger partial charge < -0.3 is 14.4 Å². The Labute approximate surface area is 214 Å². The van der Waals surface area contributed by atoms with Crippen molar-refractivity contribution in [3.05, 3.63) is 94.9 Å². The molecule has 182 valence electrons. The molecule has 2 aliphatic rings. The molecule has 3 aromatic carbocycles. The number of carbonyl (C=O) groups excluding carboxylic acids is 2. The summed E-state index contributed by atoms with van der Waals surface area (Å²) in [4.78, 5) is 35.0. The molecule has 0 bridgehead atoms. The lowest BCUT2D eigenvalue weighted by Crippen LogP contribution is -2.36. The van der Waals surface area contributed by atoms with Crippen molar-refractivity contribution < 1.29 is 19.1 Å². The second kappa shape index (κ2) is 10.8. The number of anilines is 2. The molecule has 7 nitrogen and oxygen atoms in total. The molecule has 2 heterocycles. The summed E-state index contributed by atoms with van der Waals surface area (Å²) in [5.41, 5.74) is 2.99. The summed E-state index contributed by atoms with van der Waals surface area (Å²) in [7, 11) is 1.55. The van der Waals surface area contributed by atoms with E-state index in [0.717, 1.165) is 37.6 Å². The molecular formula is C28H25N3O4S. The lowest BCUT2D eigenvalue weighted by atomic mass is 10.1. The number of amidine groups is 1. The third kappa shape index (κ3) is 5.05. The molecule has 0 aromatic heterocycles. The number of ether oxygens (including phenoxy) is 2. The Kier molecular flexibility index (Phi) is 7.16. The van der Waals surface area contributed by atoms with Crippen LogP contribution in [0.2, 0.25) is 0 Å². The zero-order valence-corrected chi connectivity index (χ0v) is 20.6. The van der Waals surface area contributed by atoms with E-state index < -0.39 is 5.91 Å². The molecule has 3 aromatic rings. The summed E-state index contributed by atoms with van der Waals surface area (Å²) in [5, 5.41) is 0.287. The molecule has 0 saturated carbocycles. The molecule has 36 heavy (non-hydrogen) atoms. The number of hydrogen-bond acceptors (Lipinski definition) is 6. The molecule has 8 heteroatoms. The maximum absolute atomic E-state index is 13.6. The van der Waals surface area contributed by atoms with Crippen molar-refractivity contribution in [3.8, 4) is 5.75 Å². The van der Waals surface area contributed by atoms with Crippen LogP contribution in [-0.2, 0) is 9.53 Å². The van der Waals surface area contributed by atoms with Gasteiger partial charge in [-0.15, -0.1) is 0 Å². The average Bonchev–Trinajstić information content (AvgIpc) is 3.23. The third-order valence-corrected chi connectivity index (χ3v) is 6.89. The molecule has 0 N–H and O–H groups in total. The first kappa shape index (κ1) is 23.8. The van der Waals surface area contributed by atoms with Gasteiger partial charge in [0.2, 0.25) is 0 Å². The summed E-state index contributed by atoms with van der Waals surface area (Å²) in [5.74, 6) is -0.161. The number of aliphatic imine (C=N–C) groups is 1. The van der Waals surface area contributed by atoms with Gasteiger partial charge in [0.25, 0.3) is 11.8 Å². The highest BCUT2D eigenvalue weighted by Gasteiger charge is 2.36. The van der Waals surface area contributed by atoms with Crippen LogP contribution in [0.4, 0.5) is 11.4 Å². The second-order valence-corrected chi connectivity index (χ2v) is 9.19. The number of para-hydroxylation sites is 2. The molecule has 2 aliphatic heterocycles. The van der Waals surface area contributed by atoms with Crippen molar-refractivity contribution in [1.29, 1.82) is 0 Å². The van der Waals surface area contributed by atoms with E-state index in [0.29, 0.717) is 21.9 Å². The molecule has 5 rings (SSSR count). The highest BCUT2D eigenvalue weighted by atomic mass is 32.2. The number of nitrogens with zero attached hydrogens (tertiary/aromatic N) is 3. The first-order chi connectivity index (χ1) is 17.6. The minimum Gasteiger partial charge on any atom is -0.495 e. The molecule has 2 amide bonds. The van der Waals surface area contributed by atoms with E-state index in [-0.39, 0.29) is 11.1 Å². The summed E-state index contributed by atoms with van der Waals surface area (Å²) in [6.45, 7) is 3.16. The van der Waals surface area contributed by atoms with Gasteiger partial charge in [-0.2, -0.15) is 4.99 Å². The largest absolute Gasteiger partial charge is 0.495 e. The Bertz CT molecular complexity index is 1320. The quantitative estimate of drug-likeness (QED) is 0.468. The van der Waals surface area contributed by atoms with E-state index in [1.807, 2.05) is 48.5 Å². The van der Waals surface area contributed by atoms with Gasteiger partial charge in [-0.1, -0.05) is 42.5 Å². The van der Waals surface area contributed by atoms with Gasteiger partial charge in [0.15, 0.2) is 5.17 Å². The Balaban J connectivity index is 1.48. The van der Waals surface area contributed by atoms with Crippen LogP contribution in [0.1, 0.15) is 15.9 Å². The number of carbonyl (C=O) groups is 2. The van der Waals surface area contributed by atoms with E-state index in [1.54, 1.807) is 43.5 Å². The molecular weight excluding hydrogens is 474 g/mol. The van der Waals surface area contributed by atoms with Gasteiger partial charge in [-0.05, 0) is 59.8 Å². The normalized spacial score (nSPS) is 18.2. The smallest absolute Gasteiger partial charge is 0.279 e. The van der Waals surface area contributed by atoms with Crippen LogP contribution in [0, 0.1) is 0 Å². The Morgan fingerprint density at radius 3 is 2.39 bits per heavy atom. The van der Waals surface area contributed by atoms with Crippen LogP contribution < -0.4 is 14.5 Å². The van der Waals surface area contributed by atoms with E-state index in [9.17, 15) is 9.59 Å². The highest BCUT2D eigenvalue weighted by Crippen LogP contribution is 2.40. The maximum Gasteiger partial charge on any atom is 0.279 e. The topological polar surface area (TPSA) is 71.4 Å². The van der Waals surface area contributed by atoms with Crippen LogP contribution in [0.5, 0.6) is 5.75 Å². The fourth-order valence-electron chi connectivity index (χ4n) is 4.06. The highest BCUT2D eigenvalue weighted by molar-refractivity contribution is 8.19. The van der Waals surface area contributed by atoms with Crippen molar-refractivity contribution in [1.82, 2.24) is 0 Å². The SMILES string of the molecule is COc1ccccc1N1C(=O)/C(=C\c2ccc(N3CCOCC3)cc2)SC1=NC(=O)c1ccccc1. The average molecular weight is 500 g/mol. The molecule has 2 fully saturated rings. The van der Waals surface area contributed by atoms with Crippen LogP contribution in [0.15, 0.2) is 88.8 Å². The molecule has 0 spiro atoms. The van der Waals surface area contributed by atoms with Crippen LogP contribution >= 0.6 is 11.8 Å². The fourth-order valence-corrected chi connectivity index (χ4v) is 5.03. The van der Waals surface area contributed by atoms with E-state index in [2.05, 4.69) is 9.89 Å². The van der Waals surface area contributed by atoms with Crippen LogP contribution in [0.25, 0.3) is 6.08 Å². The lowest BCUT2D eigenvalue weighted by Gasteiger charge is -2.28. The van der Waals surface area contributed by atoms with Crippen molar-refractivity contribution in [2.24, 2.45) is 4.99 Å². The van der Waals surface area contributed by atoms with E-state index in [4.69, 9.17) is 9.47 Å². The maximum atomic E-state index is 13.6. The summed E-state index contributed by atoms with van der Waals surface area (Å²) >= 11 is 1.18. The number of thioether (sulfide) groups is 1. The predicted molar refractivity (Wildman–Crippen MR) is 144 cm³/mol. The van der Waals surface area contributed by atoms with Crippen molar-refractivity contribution in [2.75, 3.05) is 43.2 Å². The molecule has 0 atom stereocenters. The first-order valence-corrected chi connectivity index (χ1v) is 12.4. The second-order valence-electron chi connectivity index (χ2n) is 8.18. The summed E-state index contributed by atoms with van der Waals surface area (Å²) in [6, 6.07) is 24.1.